The molecule has 1 aromatic carbocycles. The zero-order valence-electron chi connectivity index (χ0n) is 15.0. The fourth-order valence-corrected chi connectivity index (χ4v) is 2.61. The summed E-state index contributed by atoms with van der Waals surface area (Å²) in [7, 11) is 1.79. The van der Waals surface area contributed by atoms with Crippen LogP contribution in [0.15, 0.2) is 53.7 Å². The van der Waals surface area contributed by atoms with E-state index in [1.54, 1.807) is 13.2 Å². The first kappa shape index (κ1) is 22.5. The highest BCUT2D eigenvalue weighted by molar-refractivity contribution is 14.0. The van der Waals surface area contributed by atoms with E-state index in [1.807, 2.05) is 36.4 Å². The van der Waals surface area contributed by atoms with Crippen LogP contribution in [-0.2, 0) is 6.42 Å². The Labute approximate surface area is 178 Å². The molecule has 0 spiro atoms. The molecule has 0 atom stereocenters. The summed E-state index contributed by atoms with van der Waals surface area (Å²) in [6.45, 7) is 2.59. The standard InChI is InChI=1S/C19H26ClN5.HI/c1-21-19(25-15-11-16-8-2-3-9-17(16)20)24-14-7-6-13-23-18-10-4-5-12-22-18;/h2-5,8-10,12H,6-7,11,13-15H2,1H3,(H,22,23)(H2,21,24,25);1H. The van der Waals surface area contributed by atoms with E-state index < -0.39 is 0 Å². The maximum Gasteiger partial charge on any atom is 0.190 e. The monoisotopic (exact) mass is 487 g/mol. The molecule has 142 valence electrons. The van der Waals surface area contributed by atoms with Crippen molar-refractivity contribution in [3.8, 4) is 0 Å². The Kier molecular flexibility index (Phi) is 11.8. The predicted molar refractivity (Wildman–Crippen MR) is 122 cm³/mol. The number of aliphatic imine (C=N–C) groups is 1. The van der Waals surface area contributed by atoms with E-state index in [2.05, 4.69) is 32.0 Å². The number of guanidine groups is 1. The van der Waals surface area contributed by atoms with Gasteiger partial charge < -0.3 is 16.0 Å². The van der Waals surface area contributed by atoms with Gasteiger partial charge >= 0.3 is 0 Å². The van der Waals surface area contributed by atoms with E-state index in [-0.39, 0.29) is 24.0 Å². The largest absolute Gasteiger partial charge is 0.370 e. The zero-order valence-corrected chi connectivity index (χ0v) is 18.1. The van der Waals surface area contributed by atoms with E-state index in [9.17, 15) is 0 Å². The maximum absolute atomic E-state index is 6.17. The van der Waals surface area contributed by atoms with Gasteiger partial charge in [-0.05, 0) is 43.0 Å². The molecule has 0 aliphatic carbocycles. The Morgan fingerprint density at radius 2 is 1.73 bits per heavy atom. The molecule has 26 heavy (non-hydrogen) atoms. The highest BCUT2D eigenvalue weighted by atomic mass is 127. The smallest absolute Gasteiger partial charge is 0.190 e. The van der Waals surface area contributed by atoms with E-state index in [0.29, 0.717) is 0 Å². The van der Waals surface area contributed by atoms with Crippen LogP contribution in [0.5, 0.6) is 0 Å². The van der Waals surface area contributed by atoms with Crippen LogP contribution < -0.4 is 16.0 Å². The minimum atomic E-state index is 0. The first-order valence-electron chi connectivity index (χ1n) is 8.62. The van der Waals surface area contributed by atoms with Crippen LogP contribution in [0.2, 0.25) is 5.02 Å². The topological polar surface area (TPSA) is 61.3 Å². The molecule has 0 fully saturated rings. The Morgan fingerprint density at radius 1 is 1.00 bits per heavy atom. The number of unbranched alkanes of at least 4 members (excludes halogenated alkanes) is 1. The van der Waals surface area contributed by atoms with Crippen molar-refractivity contribution in [3.05, 3.63) is 59.2 Å². The van der Waals surface area contributed by atoms with Crippen LogP contribution in [0.25, 0.3) is 0 Å². The lowest BCUT2D eigenvalue weighted by Crippen LogP contribution is -2.38. The summed E-state index contributed by atoms with van der Waals surface area (Å²) in [6, 6.07) is 13.8. The fourth-order valence-electron chi connectivity index (χ4n) is 2.38. The van der Waals surface area contributed by atoms with Gasteiger partial charge in [-0.1, -0.05) is 35.9 Å². The molecular formula is C19H27ClIN5. The molecule has 5 nitrogen and oxygen atoms in total. The van der Waals surface area contributed by atoms with Crippen molar-refractivity contribution >= 4 is 47.4 Å². The first-order valence-corrected chi connectivity index (χ1v) is 9.00. The number of halogens is 2. The van der Waals surface area contributed by atoms with E-state index in [0.717, 1.165) is 61.3 Å². The Balaban J connectivity index is 0.00000338. The van der Waals surface area contributed by atoms with Gasteiger partial charge in [0.05, 0.1) is 0 Å². The highest BCUT2D eigenvalue weighted by Crippen LogP contribution is 2.14. The molecule has 0 saturated heterocycles. The lowest BCUT2D eigenvalue weighted by atomic mass is 10.1. The normalized spacial score (nSPS) is 10.8. The van der Waals surface area contributed by atoms with Crippen molar-refractivity contribution in [2.24, 2.45) is 4.99 Å². The summed E-state index contributed by atoms with van der Waals surface area (Å²) >= 11 is 6.17. The zero-order chi connectivity index (χ0) is 17.7. The quantitative estimate of drug-likeness (QED) is 0.217. The number of hydrogen-bond acceptors (Lipinski definition) is 3. The SMILES string of the molecule is CN=C(NCCCCNc1ccccn1)NCCc1ccccc1Cl.I. The van der Waals surface area contributed by atoms with Crippen LogP contribution in [-0.4, -0.2) is 37.6 Å². The number of anilines is 1. The molecule has 0 saturated carbocycles. The number of pyridine rings is 1. The highest BCUT2D eigenvalue weighted by Gasteiger charge is 2.00. The third-order valence-electron chi connectivity index (χ3n) is 3.74. The van der Waals surface area contributed by atoms with Crippen molar-refractivity contribution in [2.75, 3.05) is 32.0 Å². The molecule has 1 heterocycles. The number of benzene rings is 1. The molecule has 0 radical (unpaired) electrons. The molecule has 0 bridgehead atoms. The molecule has 0 unspecified atom stereocenters. The molecule has 0 amide bonds. The van der Waals surface area contributed by atoms with Crippen molar-refractivity contribution in [1.29, 1.82) is 0 Å². The summed E-state index contributed by atoms with van der Waals surface area (Å²) < 4.78 is 0. The summed E-state index contributed by atoms with van der Waals surface area (Å²) in [6.07, 6.45) is 4.79. The molecule has 2 aromatic rings. The van der Waals surface area contributed by atoms with Crippen molar-refractivity contribution in [3.63, 3.8) is 0 Å². The number of hydrogen-bond donors (Lipinski definition) is 3. The van der Waals surface area contributed by atoms with E-state index in [1.165, 1.54) is 0 Å². The summed E-state index contributed by atoms with van der Waals surface area (Å²) in [4.78, 5) is 8.48. The fraction of sp³-hybridized carbons (Fsp3) is 0.368. The Morgan fingerprint density at radius 3 is 2.46 bits per heavy atom. The number of nitrogens with zero attached hydrogens (tertiary/aromatic N) is 2. The van der Waals surface area contributed by atoms with Crippen LogP contribution in [0.4, 0.5) is 5.82 Å². The third-order valence-corrected chi connectivity index (χ3v) is 4.10. The minimum Gasteiger partial charge on any atom is -0.370 e. The van der Waals surface area contributed by atoms with Gasteiger partial charge in [0, 0.05) is 37.9 Å². The predicted octanol–water partition coefficient (Wildman–Crippen LogP) is 3.95. The molecule has 0 aliphatic heterocycles. The van der Waals surface area contributed by atoms with Gasteiger partial charge in [-0.2, -0.15) is 0 Å². The van der Waals surface area contributed by atoms with Crippen molar-refractivity contribution in [1.82, 2.24) is 15.6 Å². The molecular weight excluding hydrogens is 461 g/mol. The van der Waals surface area contributed by atoms with Gasteiger partial charge in [0.2, 0.25) is 0 Å². The number of nitrogens with one attached hydrogen (secondary N) is 3. The molecule has 3 N–H and O–H groups in total. The number of rotatable bonds is 9. The van der Waals surface area contributed by atoms with Gasteiger partial charge in [0.15, 0.2) is 5.96 Å². The summed E-state index contributed by atoms with van der Waals surface area (Å²) in [5.74, 6) is 1.75. The van der Waals surface area contributed by atoms with E-state index >= 15 is 0 Å². The van der Waals surface area contributed by atoms with Gasteiger partial charge in [-0.15, -0.1) is 24.0 Å². The van der Waals surface area contributed by atoms with Crippen LogP contribution >= 0.6 is 35.6 Å². The van der Waals surface area contributed by atoms with Crippen molar-refractivity contribution < 1.29 is 0 Å². The first-order chi connectivity index (χ1) is 12.3. The summed E-state index contributed by atoms with van der Waals surface area (Å²) in [5, 5.41) is 10.8. The Bertz CT molecular complexity index is 651. The van der Waals surface area contributed by atoms with Gasteiger partial charge in [-0.25, -0.2) is 4.98 Å². The van der Waals surface area contributed by atoms with Gasteiger partial charge in [-0.3, -0.25) is 4.99 Å². The number of aromatic nitrogens is 1. The molecule has 0 aliphatic rings. The van der Waals surface area contributed by atoms with Crippen LogP contribution in [0.3, 0.4) is 0 Å². The lowest BCUT2D eigenvalue weighted by Gasteiger charge is -2.12. The minimum absolute atomic E-state index is 0. The second-order valence-electron chi connectivity index (χ2n) is 5.62. The second kappa shape index (κ2) is 13.6. The third kappa shape index (κ3) is 8.71. The molecule has 7 heteroatoms. The van der Waals surface area contributed by atoms with Crippen LogP contribution in [0, 0.1) is 0 Å². The maximum atomic E-state index is 6.17. The average molecular weight is 488 g/mol. The average Bonchev–Trinajstić information content (AvgIpc) is 2.65. The van der Waals surface area contributed by atoms with Gasteiger partial charge in [0.1, 0.15) is 5.82 Å². The Hall–Kier alpha value is -1.54. The lowest BCUT2D eigenvalue weighted by molar-refractivity contribution is 0.710. The van der Waals surface area contributed by atoms with E-state index in [4.69, 9.17) is 11.6 Å². The second-order valence-corrected chi connectivity index (χ2v) is 6.02. The molecule has 1 aromatic heterocycles. The van der Waals surface area contributed by atoms with Gasteiger partial charge in [0.25, 0.3) is 0 Å². The molecule has 2 rings (SSSR count). The van der Waals surface area contributed by atoms with Crippen molar-refractivity contribution in [2.45, 2.75) is 19.3 Å². The van der Waals surface area contributed by atoms with Crippen LogP contribution in [0.1, 0.15) is 18.4 Å². The summed E-state index contributed by atoms with van der Waals surface area (Å²) in [5.41, 5.74) is 1.15.